The number of nitrogens with zero attached hydrogens (tertiary/aromatic N) is 4. The molecule has 5 rings (SSSR count). The SMILES string of the molecule is CC1(C)COC(c2nc(-c3ccc(F)cc3)c(-c3ccnc(C(N)c4ccccn4)n3)[nH]2)OC1. The van der Waals surface area contributed by atoms with E-state index in [4.69, 9.17) is 25.2 Å². The number of hydrogen-bond acceptors (Lipinski definition) is 7. The molecule has 1 unspecified atom stereocenters. The second kappa shape index (κ2) is 9.02. The second-order valence-corrected chi connectivity index (χ2v) is 9.00. The molecule has 174 valence electrons. The molecular formula is C25H25FN6O2. The first-order valence-corrected chi connectivity index (χ1v) is 11.0. The Labute approximate surface area is 196 Å². The summed E-state index contributed by atoms with van der Waals surface area (Å²) in [6, 6.07) is 12.8. The Hall–Kier alpha value is -3.53. The van der Waals surface area contributed by atoms with Gasteiger partial charge in [0.25, 0.3) is 0 Å². The van der Waals surface area contributed by atoms with Crippen LogP contribution in [0.3, 0.4) is 0 Å². The molecule has 4 heterocycles. The molecule has 34 heavy (non-hydrogen) atoms. The van der Waals surface area contributed by atoms with Gasteiger partial charge in [-0.15, -0.1) is 0 Å². The van der Waals surface area contributed by atoms with Gasteiger partial charge in [-0.3, -0.25) is 4.98 Å². The molecule has 0 spiro atoms. The fourth-order valence-electron chi connectivity index (χ4n) is 3.71. The number of hydrogen-bond donors (Lipinski definition) is 2. The lowest BCUT2D eigenvalue weighted by Gasteiger charge is -2.33. The molecule has 3 N–H and O–H groups in total. The first-order valence-electron chi connectivity index (χ1n) is 11.0. The molecule has 0 aliphatic carbocycles. The van der Waals surface area contributed by atoms with Crippen LogP contribution < -0.4 is 5.73 Å². The number of aromatic amines is 1. The number of nitrogens with one attached hydrogen (secondary N) is 1. The minimum absolute atomic E-state index is 0.0745. The van der Waals surface area contributed by atoms with Crippen molar-refractivity contribution in [1.29, 1.82) is 0 Å². The number of H-pyrrole nitrogens is 1. The van der Waals surface area contributed by atoms with Crippen LogP contribution >= 0.6 is 0 Å². The molecule has 0 saturated carbocycles. The average Bonchev–Trinajstić information content (AvgIpc) is 3.30. The van der Waals surface area contributed by atoms with Crippen LogP contribution in [-0.4, -0.2) is 38.1 Å². The minimum atomic E-state index is -0.641. The number of benzene rings is 1. The van der Waals surface area contributed by atoms with Crippen LogP contribution in [-0.2, 0) is 9.47 Å². The van der Waals surface area contributed by atoms with E-state index in [-0.39, 0.29) is 11.2 Å². The zero-order chi connectivity index (χ0) is 23.7. The molecule has 1 atom stereocenters. The zero-order valence-corrected chi connectivity index (χ0v) is 18.9. The van der Waals surface area contributed by atoms with E-state index in [1.165, 1.54) is 12.1 Å². The summed E-state index contributed by atoms with van der Waals surface area (Å²) in [5.41, 5.74) is 9.52. The summed E-state index contributed by atoms with van der Waals surface area (Å²) in [6.07, 6.45) is 2.68. The molecule has 0 bridgehead atoms. The minimum Gasteiger partial charge on any atom is -0.345 e. The van der Waals surface area contributed by atoms with Gasteiger partial charge in [0.15, 0.2) is 11.6 Å². The number of pyridine rings is 1. The highest BCUT2D eigenvalue weighted by atomic mass is 19.1. The Bertz CT molecular complexity index is 1270. The van der Waals surface area contributed by atoms with Crippen LogP contribution in [0.15, 0.2) is 60.9 Å². The summed E-state index contributed by atoms with van der Waals surface area (Å²) in [5, 5.41) is 0. The van der Waals surface area contributed by atoms with Crippen LogP contribution in [0.25, 0.3) is 22.6 Å². The van der Waals surface area contributed by atoms with Crippen molar-refractivity contribution in [3.05, 3.63) is 84.1 Å². The third kappa shape index (κ3) is 4.58. The predicted octanol–water partition coefficient (Wildman–Crippen LogP) is 4.19. The molecule has 1 saturated heterocycles. The van der Waals surface area contributed by atoms with E-state index in [0.717, 1.165) is 5.56 Å². The molecule has 1 aromatic carbocycles. The van der Waals surface area contributed by atoms with Gasteiger partial charge in [-0.2, -0.15) is 0 Å². The summed E-state index contributed by atoms with van der Waals surface area (Å²) in [7, 11) is 0. The maximum Gasteiger partial charge on any atom is 0.217 e. The highest BCUT2D eigenvalue weighted by Crippen LogP contribution is 2.35. The van der Waals surface area contributed by atoms with E-state index in [1.807, 2.05) is 18.2 Å². The zero-order valence-electron chi connectivity index (χ0n) is 18.9. The van der Waals surface area contributed by atoms with E-state index in [0.29, 0.717) is 47.6 Å². The second-order valence-electron chi connectivity index (χ2n) is 9.00. The normalized spacial score (nSPS) is 16.9. The smallest absolute Gasteiger partial charge is 0.217 e. The standard InChI is InChI=1S/C25H25FN6O2/c1-25(2)13-33-24(34-14-25)23-31-20(15-6-8-16(26)9-7-15)21(32-23)18-10-12-29-22(30-18)19(27)17-5-3-4-11-28-17/h3-12,19,24H,13-14,27H2,1-2H3,(H,31,32). The van der Waals surface area contributed by atoms with Crippen LogP contribution in [0.2, 0.25) is 0 Å². The first kappa shape index (κ1) is 22.3. The van der Waals surface area contributed by atoms with Crippen molar-refractivity contribution in [2.24, 2.45) is 11.1 Å². The molecule has 3 aromatic heterocycles. The van der Waals surface area contributed by atoms with Gasteiger partial charge in [-0.25, -0.2) is 19.3 Å². The van der Waals surface area contributed by atoms with E-state index in [9.17, 15) is 4.39 Å². The average molecular weight is 461 g/mol. The van der Waals surface area contributed by atoms with Crippen LogP contribution in [0.5, 0.6) is 0 Å². The fraction of sp³-hybridized carbons (Fsp3) is 0.280. The van der Waals surface area contributed by atoms with Crippen molar-refractivity contribution in [3.8, 4) is 22.6 Å². The molecule has 0 radical (unpaired) electrons. The van der Waals surface area contributed by atoms with E-state index >= 15 is 0 Å². The Balaban J connectivity index is 1.55. The van der Waals surface area contributed by atoms with Crippen LogP contribution in [0, 0.1) is 11.2 Å². The quantitative estimate of drug-likeness (QED) is 0.459. The van der Waals surface area contributed by atoms with Gasteiger partial charge >= 0.3 is 0 Å². The largest absolute Gasteiger partial charge is 0.345 e. The molecule has 1 fully saturated rings. The number of aromatic nitrogens is 5. The summed E-state index contributed by atoms with van der Waals surface area (Å²) in [5.74, 6) is 0.608. The van der Waals surface area contributed by atoms with Crippen LogP contribution in [0.1, 0.15) is 43.5 Å². The lowest BCUT2D eigenvalue weighted by atomic mass is 9.96. The van der Waals surface area contributed by atoms with Crippen molar-refractivity contribution in [1.82, 2.24) is 24.9 Å². The van der Waals surface area contributed by atoms with E-state index in [2.05, 4.69) is 28.8 Å². The number of imidazole rings is 1. The van der Waals surface area contributed by atoms with Gasteiger partial charge < -0.3 is 20.2 Å². The van der Waals surface area contributed by atoms with Crippen LogP contribution in [0.4, 0.5) is 4.39 Å². The van der Waals surface area contributed by atoms with Gasteiger partial charge in [0, 0.05) is 23.4 Å². The van der Waals surface area contributed by atoms with E-state index in [1.54, 1.807) is 30.6 Å². The summed E-state index contributed by atoms with van der Waals surface area (Å²) in [6.45, 7) is 5.23. The predicted molar refractivity (Wildman–Crippen MR) is 124 cm³/mol. The summed E-state index contributed by atoms with van der Waals surface area (Å²) in [4.78, 5) is 21.4. The topological polar surface area (TPSA) is 112 Å². The lowest BCUT2D eigenvalue weighted by molar-refractivity contribution is -0.229. The Morgan fingerprint density at radius 3 is 2.47 bits per heavy atom. The molecule has 8 nitrogen and oxygen atoms in total. The Morgan fingerprint density at radius 1 is 1.00 bits per heavy atom. The molecule has 4 aromatic rings. The number of ether oxygens (including phenoxy) is 2. The van der Waals surface area contributed by atoms with Crippen molar-refractivity contribution in [3.63, 3.8) is 0 Å². The van der Waals surface area contributed by atoms with E-state index < -0.39 is 12.3 Å². The highest BCUT2D eigenvalue weighted by Gasteiger charge is 2.32. The summed E-state index contributed by atoms with van der Waals surface area (Å²) >= 11 is 0. The monoisotopic (exact) mass is 460 g/mol. The number of nitrogens with two attached hydrogens (primary N) is 1. The fourth-order valence-corrected chi connectivity index (χ4v) is 3.71. The summed E-state index contributed by atoms with van der Waals surface area (Å²) < 4.78 is 25.4. The Kier molecular flexibility index (Phi) is 5.91. The number of rotatable bonds is 5. The third-order valence-corrected chi connectivity index (χ3v) is 5.53. The molecule has 1 aliphatic rings. The van der Waals surface area contributed by atoms with Crippen molar-refractivity contribution >= 4 is 0 Å². The maximum absolute atomic E-state index is 13.6. The molecule has 9 heteroatoms. The van der Waals surface area contributed by atoms with Gasteiger partial charge in [0.05, 0.1) is 36.0 Å². The number of halogens is 1. The van der Waals surface area contributed by atoms with Gasteiger partial charge in [0.1, 0.15) is 11.9 Å². The van der Waals surface area contributed by atoms with Gasteiger partial charge in [-0.05, 0) is 42.5 Å². The first-order chi connectivity index (χ1) is 16.4. The van der Waals surface area contributed by atoms with Gasteiger partial charge in [-0.1, -0.05) is 19.9 Å². The van der Waals surface area contributed by atoms with Crippen molar-refractivity contribution in [2.75, 3.05) is 13.2 Å². The maximum atomic E-state index is 13.6. The van der Waals surface area contributed by atoms with Crippen molar-refractivity contribution in [2.45, 2.75) is 26.2 Å². The Morgan fingerprint density at radius 2 is 1.76 bits per heavy atom. The molecular weight excluding hydrogens is 435 g/mol. The highest BCUT2D eigenvalue weighted by molar-refractivity contribution is 5.76. The van der Waals surface area contributed by atoms with Gasteiger partial charge in [0.2, 0.25) is 6.29 Å². The van der Waals surface area contributed by atoms with Crippen molar-refractivity contribution < 1.29 is 13.9 Å². The molecule has 0 amide bonds. The lowest BCUT2D eigenvalue weighted by Crippen LogP contribution is -2.34. The third-order valence-electron chi connectivity index (χ3n) is 5.53. The molecule has 1 aliphatic heterocycles.